The van der Waals surface area contributed by atoms with Crippen LogP contribution < -0.4 is 10.6 Å². The standard InChI is InChI=1S/C18H20N2O2S/c1-12-2-4-13(5-3-12)15-8-11-23-16(15)18(22)20-10-9-19-17(21)14-6-7-14/h2-5,8,11,14H,6-7,9-10H2,1H3,(H,19,21)(H,20,22). The molecule has 0 radical (unpaired) electrons. The van der Waals surface area contributed by atoms with Crippen molar-refractivity contribution in [2.75, 3.05) is 13.1 Å². The number of carbonyl (C=O) groups is 2. The molecule has 0 unspecified atom stereocenters. The highest BCUT2D eigenvalue weighted by Crippen LogP contribution is 2.29. The monoisotopic (exact) mass is 328 g/mol. The Hall–Kier alpha value is -2.14. The topological polar surface area (TPSA) is 58.2 Å². The molecule has 3 rings (SSSR count). The van der Waals surface area contributed by atoms with Crippen molar-refractivity contribution in [2.45, 2.75) is 19.8 Å². The van der Waals surface area contributed by atoms with E-state index in [0.29, 0.717) is 18.0 Å². The van der Waals surface area contributed by atoms with E-state index in [1.165, 1.54) is 16.9 Å². The predicted octanol–water partition coefficient (Wildman–Crippen LogP) is 2.98. The van der Waals surface area contributed by atoms with Gasteiger partial charge >= 0.3 is 0 Å². The third-order valence-electron chi connectivity index (χ3n) is 3.89. The number of thiophene rings is 1. The Balaban J connectivity index is 1.56. The van der Waals surface area contributed by atoms with Crippen LogP contribution in [0, 0.1) is 12.8 Å². The number of aryl methyl sites for hydroxylation is 1. The van der Waals surface area contributed by atoms with Gasteiger partial charge in [-0.15, -0.1) is 11.3 Å². The maximum atomic E-state index is 12.3. The zero-order valence-corrected chi connectivity index (χ0v) is 13.9. The number of nitrogens with one attached hydrogen (secondary N) is 2. The number of hydrogen-bond acceptors (Lipinski definition) is 3. The fraction of sp³-hybridized carbons (Fsp3) is 0.333. The van der Waals surface area contributed by atoms with E-state index < -0.39 is 0 Å². The molecule has 1 aliphatic rings. The fourth-order valence-electron chi connectivity index (χ4n) is 2.38. The molecule has 0 saturated heterocycles. The van der Waals surface area contributed by atoms with Crippen molar-refractivity contribution in [3.8, 4) is 11.1 Å². The normalized spacial score (nSPS) is 13.6. The lowest BCUT2D eigenvalue weighted by atomic mass is 10.0. The van der Waals surface area contributed by atoms with Crippen LogP contribution in [0.4, 0.5) is 0 Å². The number of hydrogen-bond donors (Lipinski definition) is 2. The summed E-state index contributed by atoms with van der Waals surface area (Å²) in [6.45, 7) is 2.97. The highest BCUT2D eigenvalue weighted by Gasteiger charge is 2.29. The summed E-state index contributed by atoms with van der Waals surface area (Å²) in [5, 5.41) is 7.66. The lowest BCUT2D eigenvalue weighted by molar-refractivity contribution is -0.122. The molecule has 2 aromatic rings. The average Bonchev–Trinajstić information content (AvgIpc) is 3.29. The van der Waals surface area contributed by atoms with E-state index >= 15 is 0 Å². The Labute approximate surface area is 139 Å². The Morgan fingerprint density at radius 2 is 1.78 bits per heavy atom. The first-order chi connectivity index (χ1) is 11.1. The van der Waals surface area contributed by atoms with Crippen molar-refractivity contribution in [1.82, 2.24) is 10.6 Å². The third-order valence-corrected chi connectivity index (χ3v) is 4.81. The van der Waals surface area contributed by atoms with Crippen molar-refractivity contribution >= 4 is 23.2 Å². The minimum atomic E-state index is -0.0868. The van der Waals surface area contributed by atoms with Gasteiger partial charge in [-0.25, -0.2) is 0 Å². The number of amides is 2. The van der Waals surface area contributed by atoms with Crippen molar-refractivity contribution in [3.63, 3.8) is 0 Å². The van der Waals surface area contributed by atoms with Gasteiger partial charge in [0.05, 0.1) is 4.88 Å². The Morgan fingerprint density at radius 1 is 1.09 bits per heavy atom. The molecule has 120 valence electrons. The molecule has 0 atom stereocenters. The van der Waals surface area contributed by atoms with Crippen LogP contribution in [0.15, 0.2) is 35.7 Å². The maximum Gasteiger partial charge on any atom is 0.262 e. The minimum absolute atomic E-state index is 0.0868. The molecule has 1 fully saturated rings. The van der Waals surface area contributed by atoms with Crippen LogP contribution in [0.1, 0.15) is 28.1 Å². The Kier molecular flexibility index (Phi) is 4.76. The van der Waals surface area contributed by atoms with Crippen molar-refractivity contribution in [1.29, 1.82) is 0 Å². The first kappa shape index (κ1) is 15.7. The van der Waals surface area contributed by atoms with Gasteiger partial charge in [0.15, 0.2) is 0 Å². The molecule has 2 N–H and O–H groups in total. The summed E-state index contributed by atoms with van der Waals surface area (Å²) in [5.74, 6) is 0.225. The van der Waals surface area contributed by atoms with E-state index in [-0.39, 0.29) is 17.7 Å². The van der Waals surface area contributed by atoms with Gasteiger partial charge in [-0.05, 0) is 36.8 Å². The van der Waals surface area contributed by atoms with Gasteiger partial charge in [0, 0.05) is 24.6 Å². The molecule has 1 heterocycles. The first-order valence-electron chi connectivity index (χ1n) is 7.85. The summed E-state index contributed by atoms with van der Waals surface area (Å²) >= 11 is 1.44. The van der Waals surface area contributed by atoms with Crippen molar-refractivity contribution in [2.24, 2.45) is 5.92 Å². The number of rotatable bonds is 6. The molecule has 23 heavy (non-hydrogen) atoms. The largest absolute Gasteiger partial charge is 0.354 e. The SMILES string of the molecule is Cc1ccc(-c2ccsc2C(=O)NCCNC(=O)C2CC2)cc1. The van der Waals surface area contributed by atoms with E-state index in [0.717, 1.165) is 24.0 Å². The summed E-state index contributed by atoms with van der Waals surface area (Å²) in [7, 11) is 0. The van der Waals surface area contributed by atoms with E-state index in [9.17, 15) is 9.59 Å². The molecule has 1 aromatic carbocycles. The van der Waals surface area contributed by atoms with Crippen LogP contribution in [-0.4, -0.2) is 24.9 Å². The van der Waals surface area contributed by atoms with Crippen molar-refractivity contribution in [3.05, 3.63) is 46.2 Å². The average molecular weight is 328 g/mol. The fourth-order valence-corrected chi connectivity index (χ4v) is 3.21. The smallest absolute Gasteiger partial charge is 0.262 e. The number of benzene rings is 1. The molecule has 2 amide bonds. The van der Waals surface area contributed by atoms with Crippen LogP contribution in [-0.2, 0) is 4.79 Å². The summed E-state index contributed by atoms with van der Waals surface area (Å²) in [6, 6.07) is 10.1. The summed E-state index contributed by atoms with van der Waals surface area (Å²) in [5.41, 5.74) is 3.19. The van der Waals surface area contributed by atoms with Gasteiger partial charge in [-0.1, -0.05) is 29.8 Å². The predicted molar refractivity (Wildman–Crippen MR) is 92.6 cm³/mol. The first-order valence-corrected chi connectivity index (χ1v) is 8.73. The number of carbonyl (C=O) groups excluding carboxylic acids is 2. The van der Waals surface area contributed by atoms with Gasteiger partial charge in [0.2, 0.25) is 5.91 Å². The highest BCUT2D eigenvalue weighted by atomic mass is 32.1. The lowest BCUT2D eigenvalue weighted by Gasteiger charge is -2.08. The molecule has 4 nitrogen and oxygen atoms in total. The molecule has 0 bridgehead atoms. The van der Waals surface area contributed by atoms with Gasteiger partial charge in [0.1, 0.15) is 0 Å². The van der Waals surface area contributed by atoms with E-state index in [2.05, 4.69) is 10.6 Å². The van der Waals surface area contributed by atoms with E-state index in [4.69, 9.17) is 0 Å². The molecule has 0 spiro atoms. The van der Waals surface area contributed by atoms with Gasteiger partial charge in [-0.2, -0.15) is 0 Å². The Morgan fingerprint density at radius 3 is 2.48 bits per heavy atom. The molecule has 1 saturated carbocycles. The second kappa shape index (κ2) is 6.96. The van der Waals surface area contributed by atoms with Gasteiger partial charge < -0.3 is 10.6 Å². The lowest BCUT2D eigenvalue weighted by Crippen LogP contribution is -2.35. The van der Waals surface area contributed by atoms with Crippen LogP contribution in [0.3, 0.4) is 0 Å². The van der Waals surface area contributed by atoms with Crippen LogP contribution in [0.2, 0.25) is 0 Å². The highest BCUT2D eigenvalue weighted by molar-refractivity contribution is 7.12. The van der Waals surface area contributed by atoms with E-state index in [1.807, 2.05) is 42.6 Å². The molecular formula is C18H20N2O2S. The van der Waals surface area contributed by atoms with Crippen LogP contribution >= 0.6 is 11.3 Å². The van der Waals surface area contributed by atoms with Crippen LogP contribution in [0.5, 0.6) is 0 Å². The maximum absolute atomic E-state index is 12.3. The second-order valence-corrected chi connectivity index (χ2v) is 6.77. The van der Waals surface area contributed by atoms with Gasteiger partial charge in [-0.3, -0.25) is 9.59 Å². The molecule has 0 aliphatic heterocycles. The van der Waals surface area contributed by atoms with Crippen LogP contribution in [0.25, 0.3) is 11.1 Å². The summed E-state index contributed by atoms with van der Waals surface area (Å²) in [4.78, 5) is 24.6. The molecule has 1 aliphatic carbocycles. The molecular weight excluding hydrogens is 308 g/mol. The minimum Gasteiger partial charge on any atom is -0.354 e. The summed E-state index contributed by atoms with van der Waals surface area (Å²) < 4.78 is 0. The third kappa shape index (κ3) is 3.99. The second-order valence-electron chi connectivity index (χ2n) is 5.85. The Bertz CT molecular complexity index is 702. The van der Waals surface area contributed by atoms with Crippen molar-refractivity contribution < 1.29 is 9.59 Å². The summed E-state index contributed by atoms with van der Waals surface area (Å²) in [6.07, 6.45) is 1.99. The van der Waals surface area contributed by atoms with E-state index in [1.54, 1.807) is 0 Å². The molecule has 1 aromatic heterocycles. The quantitative estimate of drug-likeness (QED) is 0.801. The molecule has 5 heteroatoms. The zero-order chi connectivity index (χ0) is 16.2. The zero-order valence-electron chi connectivity index (χ0n) is 13.1. The van der Waals surface area contributed by atoms with Gasteiger partial charge in [0.25, 0.3) is 5.91 Å².